The summed E-state index contributed by atoms with van der Waals surface area (Å²) in [6.45, 7) is 0. The smallest absolute Gasteiger partial charge is 0.151 e. The molecule has 0 unspecified atom stereocenters. The van der Waals surface area contributed by atoms with Crippen molar-refractivity contribution in [1.82, 2.24) is 0 Å². The van der Waals surface area contributed by atoms with Crippen LogP contribution in [0, 0.1) is 0 Å². The van der Waals surface area contributed by atoms with Crippen LogP contribution in [0.5, 0.6) is 0 Å². The van der Waals surface area contributed by atoms with Crippen LogP contribution in [0.2, 0.25) is 0 Å². The fraction of sp³-hybridized carbons (Fsp3) is 0.200. The van der Waals surface area contributed by atoms with E-state index in [-0.39, 0.29) is 5.75 Å². The lowest BCUT2D eigenvalue weighted by Crippen LogP contribution is -1.99. The Kier molecular flexibility index (Phi) is 2.60. The molecule has 1 aromatic heterocycles. The molecule has 5 heteroatoms. The zero-order valence-corrected chi connectivity index (χ0v) is 10.4. The summed E-state index contributed by atoms with van der Waals surface area (Å²) in [7, 11) is -3.03. The molecule has 2 aromatic rings. The summed E-state index contributed by atoms with van der Waals surface area (Å²) < 4.78 is 28.5. The fourth-order valence-corrected chi connectivity index (χ4v) is 2.72. The molecule has 0 aliphatic rings. The van der Waals surface area contributed by atoms with E-state index in [0.29, 0.717) is 11.1 Å². The molecule has 1 aromatic carbocycles. The van der Waals surface area contributed by atoms with Crippen LogP contribution in [0.1, 0.15) is 5.56 Å². The number of furan rings is 1. The van der Waals surface area contributed by atoms with Gasteiger partial charge in [-0.15, -0.1) is 0 Å². The summed E-state index contributed by atoms with van der Waals surface area (Å²) in [6, 6.07) is 5.56. The summed E-state index contributed by atoms with van der Waals surface area (Å²) in [5.41, 5.74) is 1.39. The first kappa shape index (κ1) is 10.7. The highest BCUT2D eigenvalue weighted by Gasteiger charge is 2.12. The van der Waals surface area contributed by atoms with Crippen LogP contribution in [0.25, 0.3) is 11.0 Å². The van der Waals surface area contributed by atoms with Gasteiger partial charge in [0.05, 0.1) is 16.5 Å². The van der Waals surface area contributed by atoms with E-state index >= 15 is 0 Å². The molecule has 1 heterocycles. The molecule has 0 aliphatic carbocycles. The Morgan fingerprint density at radius 1 is 1.40 bits per heavy atom. The second-order valence-corrected chi connectivity index (χ2v) is 6.44. The quantitative estimate of drug-likeness (QED) is 0.854. The van der Waals surface area contributed by atoms with Crippen molar-refractivity contribution in [3.8, 4) is 0 Å². The van der Waals surface area contributed by atoms with Gasteiger partial charge in [0.1, 0.15) is 5.58 Å². The zero-order valence-electron chi connectivity index (χ0n) is 8.03. The zero-order chi connectivity index (χ0) is 11.1. The van der Waals surface area contributed by atoms with Gasteiger partial charge in [0.2, 0.25) is 0 Å². The van der Waals surface area contributed by atoms with Gasteiger partial charge in [0.15, 0.2) is 9.84 Å². The van der Waals surface area contributed by atoms with Crippen LogP contribution in [0.4, 0.5) is 0 Å². The molecule has 0 bridgehead atoms. The van der Waals surface area contributed by atoms with Gasteiger partial charge in [-0.3, -0.25) is 0 Å². The van der Waals surface area contributed by atoms with Gasteiger partial charge in [-0.1, -0.05) is 12.1 Å². The van der Waals surface area contributed by atoms with E-state index in [1.165, 1.54) is 12.5 Å². The summed E-state index contributed by atoms with van der Waals surface area (Å²) in [6.07, 6.45) is 2.71. The van der Waals surface area contributed by atoms with Crippen LogP contribution >= 0.6 is 15.9 Å². The maximum atomic E-state index is 11.2. The maximum Gasteiger partial charge on any atom is 0.151 e. The minimum Gasteiger partial charge on any atom is -0.463 e. The van der Waals surface area contributed by atoms with E-state index in [9.17, 15) is 8.42 Å². The van der Waals surface area contributed by atoms with Crippen molar-refractivity contribution in [2.45, 2.75) is 5.75 Å². The maximum absolute atomic E-state index is 11.2. The number of halogens is 1. The molecule has 0 radical (unpaired) electrons. The van der Waals surface area contributed by atoms with Gasteiger partial charge in [0, 0.05) is 17.2 Å². The molecule has 0 amide bonds. The Morgan fingerprint density at radius 2 is 2.13 bits per heavy atom. The first-order valence-corrected chi connectivity index (χ1v) is 7.15. The van der Waals surface area contributed by atoms with E-state index < -0.39 is 9.84 Å². The first-order valence-electron chi connectivity index (χ1n) is 4.30. The predicted molar refractivity (Wildman–Crippen MR) is 62.5 cm³/mol. The molecule has 3 nitrogen and oxygen atoms in total. The van der Waals surface area contributed by atoms with Gasteiger partial charge >= 0.3 is 0 Å². The van der Waals surface area contributed by atoms with E-state index in [2.05, 4.69) is 15.9 Å². The Bertz CT molecular complexity index is 598. The Hall–Kier alpha value is -0.810. The fourth-order valence-electron chi connectivity index (χ4n) is 1.47. The third-order valence-electron chi connectivity index (χ3n) is 2.05. The molecule has 15 heavy (non-hydrogen) atoms. The SMILES string of the molecule is CS(=O)(=O)Cc1coc2c(Br)cccc12. The Labute approximate surface area is 96.1 Å². The highest BCUT2D eigenvalue weighted by Crippen LogP contribution is 2.28. The molecule has 0 aliphatic heterocycles. The minimum atomic E-state index is -3.03. The topological polar surface area (TPSA) is 47.3 Å². The van der Waals surface area contributed by atoms with E-state index in [0.717, 1.165) is 9.86 Å². The van der Waals surface area contributed by atoms with Gasteiger partial charge in [-0.05, 0) is 22.0 Å². The Morgan fingerprint density at radius 3 is 2.80 bits per heavy atom. The van der Waals surface area contributed by atoms with Crippen molar-refractivity contribution < 1.29 is 12.8 Å². The molecule has 0 saturated carbocycles. The number of fused-ring (bicyclic) bond motifs is 1. The lowest BCUT2D eigenvalue weighted by Gasteiger charge is -1.96. The van der Waals surface area contributed by atoms with E-state index in [1.807, 2.05) is 18.2 Å². The van der Waals surface area contributed by atoms with Gasteiger partial charge in [0.25, 0.3) is 0 Å². The van der Waals surface area contributed by atoms with Gasteiger partial charge < -0.3 is 4.42 Å². The molecule has 80 valence electrons. The van der Waals surface area contributed by atoms with E-state index in [4.69, 9.17) is 4.42 Å². The van der Waals surface area contributed by atoms with Crippen LogP contribution < -0.4 is 0 Å². The Balaban J connectivity index is 2.60. The van der Waals surface area contributed by atoms with Crippen LogP contribution in [-0.4, -0.2) is 14.7 Å². The largest absolute Gasteiger partial charge is 0.463 e. The normalized spacial score (nSPS) is 12.1. The number of sulfone groups is 1. The second kappa shape index (κ2) is 3.64. The highest BCUT2D eigenvalue weighted by atomic mass is 79.9. The standard InChI is InChI=1S/C10H9BrO3S/c1-15(12,13)6-7-5-14-10-8(7)3-2-4-9(10)11/h2-5H,6H2,1H3. The number of benzene rings is 1. The molecular weight excluding hydrogens is 280 g/mol. The lowest BCUT2D eigenvalue weighted by molar-refractivity contribution is 0.596. The number of para-hydroxylation sites is 1. The third-order valence-corrected chi connectivity index (χ3v) is 3.51. The van der Waals surface area contributed by atoms with E-state index in [1.54, 1.807) is 0 Å². The first-order chi connectivity index (χ1) is 6.97. The van der Waals surface area contributed by atoms with Crippen molar-refractivity contribution in [2.75, 3.05) is 6.26 Å². The third kappa shape index (κ3) is 2.23. The highest BCUT2D eigenvalue weighted by molar-refractivity contribution is 9.10. The van der Waals surface area contributed by atoms with Crippen molar-refractivity contribution in [1.29, 1.82) is 0 Å². The summed E-state index contributed by atoms with van der Waals surface area (Å²) in [5.74, 6) is 0.0104. The van der Waals surface area contributed by atoms with Gasteiger partial charge in [-0.25, -0.2) is 8.42 Å². The monoisotopic (exact) mass is 288 g/mol. The number of rotatable bonds is 2. The second-order valence-electron chi connectivity index (χ2n) is 3.45. The number of hydrogen-bond donors (Lipinski definition) is 0. The van der Waals surface area contributed by atoms with Crippen LogP contribution in [-0.2, 0) is 15.6 Å². The lowest BCUT2D eigenvalue weighted by atomic mass is 10.2. The molecule has 0 fully saturated rings. The van der Waals surface area contributed by atoms with Gasteiger partial charge in [-0.2, -0.15) is 0 Å². The minimum absolute atomic E-state index is 0.0104. The van der Waals surface area contributed by atoms with Crippen molar-refractivity contribution in [3.05, 3.63) is 34.5 Å². The molecule has 0 atom stereocenters. The van der Waals surface area contributed by atoms with Crippen LogP contribution in [0.3, 0.4) is 0 Å². The summed E-state index contributed by atoms with van der Waals surface area (Å²) >= 11 is 3.35. The summed E-state index contributed by atoms with van der Waals surface area (Å²) in [5, 5.41) is 0.842. The summed E-state index contributed by atoms with van der Waals surface area (Å²) in [4.78, 5) is 0. The van der Waals surface area contributed by atoms with Crippen molar-refractivity contribution >= 4 is 36.7 Å². The molecule has 2 rings (SSSR count). The molecule has 0 spiro atoms. The van der Waals surface area contributed by atoms with Crippen molar-refractivity contribution in [2.24, 2.45) is 0 Å². The van der Waals surface area contributed by atoms with Crippen molar-refractivity contribution in [3.63, 3.8) is 0 Å². The molecule has 0 saturated heterocycles. The average molecular weight is 289 g/mol. The average Bonchev–Trinajstić information content (AvgIpc) is 2.48. The molecule has 0 N–H and O–H groups in total. The predicted octanol–water partition coefficient (Wildman–Crippen LogP) is 2.74. The van der Waals surface area contributed by atoms with Crippen LogP contribution in [0.15, 0.2) is 33.4 Å². The number of hydrogen-bond acceptors (Lipinski definition) is 3. The molecular formula is C10H9BrO3S.